The van der Waals surface area contributed by atoms with E-state index in [1.807, 2.05) is 0 Å². The van der Waals surface area contributed by atoms with E-state index in [4.69, 9.17) is 4.74 Å². The standard InChI is InChI=1S/C16H24O2/c1-10(17)18-9-12-4-5-14(2,3)16-8-11-6-13(16)15(12,16)7-11/h11-13H,4-9H2,1-3H3/t11?,12?,13-,15?,16?/m0/s1. The summed E-state index contributed by atoms with van der Waals surface area (Å²) in [5.41, 5.74) is 1.73. The third-order valence-corrected chi connectivity index (χ3v) is 7.31. The molecule has 5 rings (SSSR count). The molecule has 0 heterocycles. The van der Waals surface area contributed by atoms with Gasteiger partial charge in [-0.2, -0.15) is 0 Å². The normalized spacial score (nSPS) is 54.1. The molecule has 2 heteroatoms. The molecule has 0 aromatic rings. The first kappa shape index (κ1) is 11.3. The van der Waals surface area contributed by atoms with Gasteiger partial charge in [0.25, 0.3) is 0 Å². The van der Waals surface area contributed by atoms with Gasteiger partial charge in [0.15, 0.2) is 0 Å². The number of rotatable bonds is 2. The second-order valence-corrected chi connectivity index (χ2v) is 8.00. The molecule has 5 atom stereocenters. The molecule has 100 valence electrons. The van der Waals surface area contributed by atoms with E-state index in [0.717, 1.165) is 11.8 Å². The van der Waals surface area contributed by atoms with Gasteiger partial charge in [0, 0.05) is 6.92 Å². The Labute approximate surface area is 109 Å². The largest absolute Gasteiger partial charge is 0.466 e. The van der Waals surface area contributed by atoms with Crippen molar-refractivity contribution in [3.05, 3.63) is 0 Å². The Morgan fingerprint density at radius 2 is 2.11 bits per heavy atom. The van der Waals surface area contributed by atoms with Crippen molar-refractivity contribution in [1.29, 1.82) is 0 Å². The molecule has 0 saturated heterocycles. The van der Waals surface area contributed by atoms with Crippen LogP contribution in [0, 0.1) is 34.0 Å². The lowest BCUT2D eigenvalue weighted by molar-refractivity contribution is -0.144. The zero-order valence-corrected chi connectivity index (χ0v) is 11.8. The van der Waals surface area contributed by atoms with Crippen LogP contribution in [0.4, 0.5) is 0 Å². The Morgan fingerprint density at radius 1 is 1.33 bits per heavy atom. The Morgan fingerprint density at radius 3 is 2.78 bits per heavy atom. The molecule has 0 aliphatic heterocycles. The maximum atomic E-state index is 11.1. The summed E-state index contributed by atoms with van der Waals surface area (Å²) in [5, 5.41) is 0. The van der Waals surface area contributed by atoms with E-state index in [9.17, 15) is 4.79 Å². The number of ether oxygens (including phenoxy) is 1. The van der Waals surface area contributed by atoms with Crippen LogP contribution >= 0.6 is 0 Å². The second-order valence-electron chi connectivity index (χ2n) is 8.00. The van der Waals surface area contributed by atoms with Crippen LogP contribution in [0.2, 0.25) is 0 Å². The van der Waals surface area contributed by atoms with Crippen LogP contribution in [0.1, 0.15) is 52.9 Å². The van der Waals surface area contributed by atoms with Gasteiger partial charge in [0.2, 0.25) is 0 Å². The quantitative estimate of drug-likeness (QED) is 0.700. The molecule has 5 aliphatic carbocycles. The van der Waals surface area contributed by atoms with Crippen molar-refractivity contribution in [2.24, 2.45) is 34.0 Å². The highest BCUT2D eigenvalue weighted by Crippen LogP contribution is 2.95. The van der Waals surface area contributed by atoms with Crippen LogP contribution < -0.4 is 0 Å². The summed E-state index contributed by atoms with van der Waals surface area (Å²) >= 11 is 0. The molecule has 0 aromatic heterocycles. The van der Waals surface area contributed by atoms with Gasteiger partial charge in [-0.1, -0.05) is 13.8 Å². The summed E-state index contributed by atoms with van der Waals surface area (Å²) in [4.78, 5) is 11.1. The fourth-order valence-electron chi connectivity index (χ4n) is 6.95. The number of carbonyl (C=O) groups is 1. The van der Waals surface area contributed by atoms with Crippen LogP contribution in [-0.4, -0.2) is 12.6 Å². The average molecular weight is 248 g/mol. The predicted octanol–water partition coefficient (Wildman–Crippen LogP) is 3.40. The minimum absolute atomic E-state index is 0.104. The Balaban J connectivity index is 1.65. The maximum Gasteiger partial charge on any atom is 0.302 e. The van der Waals surface area contributed by atoms with E-state index < -0.39 is 0 Å². The highest BCUT2D eigenvalue weighted by molar-refractivity contribution is 5.65. The van der Waals surface area contributed by atoms with Gasteiger partial charge in [0.1, 0.15) is 0 Å². The first-order chi connectivity index (χ1) is 8.44. The van der Waals surface area contributed by atoms with Gasteiger partial charge in [-0.15, -0.1) is 0 Å². The molecule has 0 N–H and O–H groups in total. The topological polar surface area (TPSA) is 26.3 Å². The van der Waals surface area contributed by atoms with Gasteiger partial charge in [-0.25, -0.2) is 0 Å². The Hall–Kier alpha value is -0.530. The van der Waals surface area contributed by atoms with Gasteiger partial charge >= 0.3 is 5.97 Å². The summed E-state index contributed by atoms with van der Waals surface area (Å²) < 4.78 is 5.37. The molecule has 0 aromatic carbocycles. The highest BCUT2D eigenvalue weighted by atomic mass is 16.5. The van der Waals surface area contributed by atoms with Crippen LogP contribution in [0.5, 0.6) is 0 Å². The number of hydrogen-bond donors (Lipinski definition) is 0. The van der Waals surface area contributed by atoms with E-state index in [1.165, 1.54) is 32.1 Å². The summed E-state index contributed by atoms with van der Waals surface area (Å²) in [6.45, 7) is 7.23. The van der Waals surface area contributed by atoms with Crippen molar-refractivity contribution in [1.82, 2.24) is 0 Å². The minimum Gasteiger partial charge on any atom is -0.466 e. The van der Waals surface area contributed by atoms with Crippen LogP contribution in [0.3, 0.4) is 0 Å². The van der Waals surface area contributed by atoms with E-state index >= 15 is 0 Å². The molecule has 2 spiro atoms. The minimum atomic E-state index is -0.104. The molecule has 5 saturated carbocycles. The van der Waals surface area contributed by atoms with Gasteiger partial charge < -0.3 is 4.74 Å². The lowest BCUT2D eigenvalue weighted by Crippen LogP contribution is -2.38. The summed E-state index contributed by atoms with van der Waals surface area (Å²) in [7, 11) is 0. The first-order valence-corrected chi connectivity index (χ1v) is 7.57. The molecule has 4 unspecified atom stereocenters. The monoisotopic (exact) mass is 248 g/mol. The molecule has 2 nitrogen and oxygen atoms in total. The van der Waals surface area contributed by atoms with E-state index in [1.54, 1.807) is 6.92 Å². The van der Waals surface area contributed by atoms with Crippen LogP contribution in [-0.2, 0) is 9.53 Å². The lowest BCUT2D eigenvalue weighted by Gasteiger charge is -2.44. The van der Waals surface area contributed by atoms with Gasteiger partial charge in [0.05, 0.1) is 6.61 Å². The number of carbonyl (C=O) groups excluding carboxylic acids is 1. The van der Waals surface area contributed by atoms with Crippen LogP contribution in [0.25, 0.3) is 0 Å². The fraction of sp³-hybridized carbons (Fsp3) is 0.938. The van der Waals surface area contributed by atoms with Gasteiger partial charge in [-0.05, 0) is 66.1 Å². The lowest BCUT2D eigenvalue weighted by atomic mass is 9.61. The molecule has 4 bridgehead atoms. The van der Waals surface area contributed by atoms with E-state index in [2.05, 4.69) is 13.8 Å². The van der Waals surface area contributed by atoms with Crippen molar-refractivity contribution >= 4 is 5.97 Å². The zero-order valence-electron chi connectivity index (χ0n) is 11.8. The molecule has 5 fully saturated rings. The van der Waals surface area contributed by atoms with Crippen LogP contribution in [0.15, 0.2) is 0 Å². The highest BCUT2D eigenvalue weighted by Gasteiger charge is 2.90. The van der Waals surface area contributed by atoms with Crippen molar-refractivity contribution in [2.75, 3.05) is 6.61 Å². The summed E-state index contributed by atoms with van der Waals surface area (Å²) in [6, 6.07) is 0. The zero-order chi connectivity index (χ0) is 12.8. The van der Waals surface area contributed by atoms with E-state index in [-0.39, 0.29) is 5.97 Å². The van der Waals surface area contributed by atoms with Crippen molar-refractivity contribution < 1.29 is 9.53 Å². The molecule has 18 heavy (non-hydrogen) atoms. The maximum absolute atomic E-state index is 11.1. The predicted molar refractivity (Wildman–Crippen MR) is 68.8 cm³/mol. The SMILES string of the molecule is CC(=O)OCC1CCC(C)(C)C23CC4C[C@H]2C13C4. The van der Waals surface area contributed by atoms with Crippen molar-refractivity contribution in [3.8, 4) is 0 Å². The molecule has 5 aliphatic rings. The molecule has 0 amide bonds. The third-order valence-electron chi connectivity index (χ3n) is 7.31. The van der Waals surface area contributed by atoms with Crippen molar-refractivity contribution in [2.45, 2.75) is 52.9 Å². The van der Waals surface area contributed by atoms with E-state index in [0.29, 0.717) is 28.8 Å². The molecular weight excluding hydrogens is 224 g/mol. The van der Waals surface area contributed by atoms with Crippen molar-refractivity contribution in [3.63, 3.8) is 0 Å². The fourth-order valence-corrected chi connectivity index (χ4v) is 6.95. The number of hydrogen-bond acceptors (Lipinski definition) is 2. The molecule has 0 radical (unpaired) electrons. The Bertz CT molecular complexity index is 427. The Kier molecular flexibility index (Phi) is 1.86. The average Bonchev–Trinajstić information content (AvgIpc) is 2.71. The molecular formula is C16H24O2. The smallest absolute Gasteiger partial charge is 0.302 e. The van der Waals surface area contributed by atoms with Gasteiger partial charge in [-0.3, -0.25) is 4.79 Å². The first-order valence-electron chi connectivity index (χ1n) is 7.57. The number of esters is 1. The second kappa shape index (κ2) is 2.96. The summed E-state index contributed by atoms with van der Waals surface area (Å²) in [6.07, 6.45) is 6.98. The summed E-state index contributed by atoms with van der Waals surface area (Å²) in [5.74, 6) is 2.51. The third kappa shape index (κ3) is 0.947.